The second kappa shape index (κ2) is 9.12. The average Bonchev–Trinajstić information content (AvgIpc) is 2.11. The molecule has 5 nitrogen and oxygen atoms in total. The van der Waals surface area contributed by atoms with Crippen LogP contribution in [0.3, 0.4) is 0 Å². The van der Waals surface area contributed by atoms with Gasteiger partial charge in [-0.1, -0.05) is 12.8 Å². The Labute approximate surface area is 91.8 Å². The van der Waals surface area contributed by atoms with Gasteiger partial charge in [-0.15, -0.1) is 0 Å². The lowest BCUT2D eigenvalue weighted by molar-refractivity contribution is 0.190. The summed E-state index contributed by atoms with van der Waals surface area (Å²) in [6, 6.07) is 0.0691. The van der Waals surface area contributed by atoms with E-state index < -0.39 is 7.12 Å². The first-order valence-corrected chi connectivity index (χ1v) is 5.53. The number of nitrogens with one attached hydrogen (secondary N) is 1. The minimum atomic E-state index is -1.20. The SMILES string of the molecule is C[C@@H](O)CNCC(N)CCCCB(O)O. The minimum absolute atomic E-state index is 0.0691. The largest absolute Gasteiger partial charge is 0.451 e. The van der Waals surface area contributed by atoms with E-state index >= 15 is 0 Å². The molecule has 0 aliphatic carbocycles. The lowest BCUT2D eigenvalue weighted by Gasteiger charge is -2.13. The topological polar surface area (TPSA) is 98.7 Å². The van der Waals surface area contributed by atoms with Gasteiger partial charge in [-0.2, -0.15) is 0 Å². The molecule has 0 aliphatic heterocycles. The maximum atomic E-state index is 8.98. The van der Waals surface area contributed by atoms with E-state index in [0.29, 0.717) is 19.4 Å². The number of hydrogen-bond donors (Lipinski definition) is 5. The molecular formula is C9H23BN2O3. The van der Waals surface area contributed by atoms with E-state index in [0.717, 1.165) is 19.3 Å². The van der Waals surface area contributed by atoms with Crippen LogP contribution in [0.15, 0.2) is 0 Å². The van der Waals surface area contributed by atoms with Crippen molar-refractivity contribution in [3.8, 4) is 0 Å². The zero-order valence-corrected chi connectivity index (χ0v) is 9.39. The highest BCUT2D eigenvalue weighted by Gasteiger charge is 2.07. The third kappa shape index (κ3) is 11.8. The van der Waals surface area contributed by atoms with Crippen LogP contribution in [-0.2, 0) is 0 Å². The molecule has 0 rings (SSSR count). The molecular weight excluding hydrogens is 195 g/mol. The summed E-state index contributed by atoms with van der Waals surface area (Å²) >= 11 is 0. The van der Waals surface area contributed by atoms with Gasteiger partial charge in [0.15, 0.2) is 0 Å². The Morgan fingerprint density at radius 1 is 1.27 bits per heavy atom. The summed E-state index contributed by atoms with van der Waals surface area (Å²) in [5, 5.41) is 29.3. The molecule has 0 aromatic heterocycles. The van der Waals surface area contributed by atoms with Crippen molar-refractivity contribution in [2.75, 3.05) is 13.1 Å². The summed E-state index contributed by atoms with van der Waals surface area (Å²) in [5.41, 5.74) is 5.81. The van der Waals surface area contributed by atoms with Crippen molar-refractivity contribution >= 4 is 7.12 Å². The van der Waals surface area contributed by atoms with Crippen molar-refractivity contribution in [3.63, 3.8) is 0 Å². The number of rotatable bonds is 9. The molecule has 0 aliphatic rings. The maximum Gasteiger partial charge on any atom is 0.451 e. The predicted octanol–water partition coefficient (Wildman–Crippen LogP) is -1.07. The van der Waals surface area contributed by atoms with Gasteiger partial charge < -0.3 is 26.2 Å². The number of aliphatic hydroxyl groups excluding tert-OH is 1. The molecule has 15 heavy (non-hydrogen) atoms. The van der Waals surface area contributed by atoms with Crippen LogP contribution >= 0.6 is 0 Å². The van der Waals surface area contributed by atoms with Gasteiger partial charge in [0.1, 0.15) is 0 Å². The lowest BCUT2D eigenvalue weighted by Crippen LogP contribution is -2.36. The standard InChI is InChI=1S/C9H23BN2O3/c1-8(13)6-12-7-9(11)4-2-3-5-10(14)15/h8-9,12-15H,2-7,11H2,1H3/t8-,9?/m1/s1. The van der Waals surface area contributed by atoms with Gasteiger partial charge in [-0.05, 0) is 19.7 Å². The van der Waals surface area contributed by atoms with E-state index in [-0.39, 0.29) is 12.1 Å². The monoisotopic (exact) mass is 218 g/mol. The minimum Gasteiger partial charge on any atom is -0.427 e. The molecule has 0 spiro atoms. The molecule has 6 N–H and O–H groups in total. The first kappa shape index (κ1) is 14.9. The Morgan fingerprint density at radius 2 is 1.93 bits per heavy atom. The zero-order chi connectivity index (χ0) is 11.7. The Hall–Kier alpha value is -0.135. The van der Waals surface area contributed by atoms with Crippen LogP contribution in [0.5, 0.6) is 0 Å². The molecule has 1 unspecified atom stereocenters. The summed E-state index contributed by atoms with van der Waals surface area (Å²) in [6.45, 7) is 2.97. The molecule has 6 heteroatoms. The molecule has 90 valence electrons. The Kier molecular flexibility index (Phi) is 9.04. The first-order valence-electron chi connectivity index (χ1n) is 5.53. The van der Waals surface area contributed by atoms with Crippen molar-refractivity contribution in [3.05, 3.63) is 0 Å². The van der Waals surface area contributed by atoms with Crippen LogP contribution in [0, 0.1) is 0 Å². The van der Waals surface area contributed by atoms with Crippen LogP contribution in [0.2, 0.25) is 6.32 Å². The lowest BCUT2D eigenvalue weighted by atomic mass is 9.83. The highest BCUT2D eigenvalue weighted by molar-refractivity contribution is 6.40. The van der Waals surface area contributed by atoms with Crippen molar-refractivity contribution in [1.82, 2.24) is 5.32 Å². The molecule has 0 aromatic rings. The van der Waals surface area contributed by atoms with Gasteiger partial charge in [0.25, 0.3) is 0 Å². The molecule has 0 radical (unpaired) electrons. The summed E-state index contributed by atoms with van der Waals surface area (Å²) in [5.74, 6) is 0. The van der Waals surface area contributed by atoms with Crippen molar-refractivity contribution in [1.29, 1.82) is 0 Å². The van der Waals surface area contributed by atoms with E-state index in [4.69, 9.17) is 20.9 Å². The van der Waals surface area contributed by atoms with Crippen LogP contribution in [0.25, 0.3) is 0 Å². The van der Waals surface area contributed by atoms with Crippen LogP contribution in [-0.4, -0.2) is 47.5 Å². The second-order valence-corrected chi connectivity index (χ2v) is 4.03. The number of unbranched alkanes of at least 4 members (excludes halogenated alkanes) is 1. The second-order valence-electron chi connectivity index (χ2n) is 4.03. The third-order valence-corrected chi connectivity index (χ3v) is 2.13. The van der Waals surface area contributed by atoms with E-state index in [1.54, 1.807) is 6.92 Å². The van der Waals surface area contributed by atoms with Gasteiger partial charge in [-0.3, -0.25) is 0 Å². The highest BCUT2D eigenvalue weighted by Crippen LogP contribution is 2.03. The molecule has 0 saturated carbocycles. The van der Waals surface area contributed by atoms with Gasteiger partial charge in [0.05, 0.1) is 6.10 Å². The molecule has 0 bridgehead atoms. The van der Waals surface area contributed by atoms with E-state index in [1.165, 1.54) is 0 Å². The molecule has 0 fully saturated rings. The van der Waals surface area contributed by atoms with Crippen molar-refractivity contribution in [2.45, 2.75) is 44.7 Å². The Balaban J connectivity index is 3.22. The zero-order valence-electron chi connectivity index (χ0n) is 9.39. The van der Waals surface area contributed by atoms with Gasteiger partial charge in [-0.25, -0.2) is 0 Å². The average molecular weight is 218 g/mol. The normalized spacial score (nSPS) is 15.0. The molecule has 0 amide bonds. The Morgan fingerprint density at radius 3 is 2.47 bits per heavy atom. The summed E-state index contributed by atoms with van der Waals surface area (Å²) < 4.78 is 0. The van der Waals surface area contributed by atoms with Crippen LogP contribution in [0.1, 0.15) is 26.2 Å². The van der Waals surface area contributed by atoms with Gasteiger partial charge in [0.2, 0.25) is 0 Å². The van der Waals surface area contributed by atoms with Gasteiger partial charge >= 0.3 is 7.12 Å². The smallest absolute Gasteiger partial charge is 0.427 e. The van der Waals surface area contributed by atoms with E-state index in [9.17, 15) is 0 Å². The number of hydrogen-bond acceptors (Lipinski definition) is 5. The van der Waals surface area contributed by atoms with E-state index in [2.05, 4.69) is 5.32 Å². The summed E-state index contributed by atoms with van der Waals surface area (Å²) in [6.07, 6.45) is 2.60. The molecule has 2 atom stereocenters. The summed E-state index contributed by atoms with van der Waals surface area (Å²) in [4.78, 5) is 0. The number of aliphatic hydroxyl groups is 1. The fourth-order valence-electron chi connectivity index (χ4n) is 1.31. The van der Waals surface area contributed by atoms with Crippen molar-refractivity contribution < 1.29 is 15.2 Å². The third-order valence-electron chi connectivity index (χ3n) is 2.13. The molecule has 0 aromatic carbocycles. The first-order chi connectivity index (χ1) is 7.02. The fourth-order valence-corrected chi connectivity index (χ4v) is 1.31. The van der Waals surface area contributed by atoms with Crippen LogP contribution in [0.4, 0.5) is 0 Å². The highest BCUT2D eigenvalue weighted by atomic mass is 16.4. The van der Waals surface area contributed by atoms with Crippen LogP contribution < -0.4 is 11.1 Å². The fraction of sp³-hybridized carbons (Fsp3) is 1.00. The molecule has 0 heterocycles. The number of nitrogens with two attached hydrogens (primary N) is 1. The van der Waals surface area contributed by atoms with E-state index in [1.807, 2.05) is 0 Å². The Bertz CT molecular complexity index is 147. The quantitative estimate of drug-likeness (QED) is 0.250. The summed E-state index contributed by atoms with van der Waals surface area (Å²) in [7, 11) is -1.20. The van der Waals surface area contributed by atoms with Crippen molar-refractivity contribution in [2.24, 2.45) is 5.73 Å². The van der Waals surface area contributed by atoms with Gasteiger partial charge in [0, 0.05) is 19.1 Å². The molecule has 0 saturated heterocycles. The predicted molar refractivity (Wildman–Crippen MR) is 61.4 cm³/mol. The maximum absolute atomic E-state index is 8.98.